The summed E-state index contributed by atoms with van der Waals surface area (Å²) in [5, 5.41) is 9.43. The van der Waals surface area contributed by atoms with Crippen LogP contribution in [0.25, 0.3) is 0 Å². The van der Waals surface area contributed by atoms with Crippen LogP contribution in [0.15, 0.2) is 0 Å². The Morgan fingerprint density at radius 3 is 2.61 bits per heavy atom. The Morgan fingerprint density at radius 2 is 2.06 bits per heavy atom. The number of hydrogen-bond acceptors (Lipinski definition) is 2. The minimum atomic E-state index is -0.691. The molecule has 0 aromatic heterocycles. The zero-order valence-corrected chi connectivity index (χ0v) is 11.6. The number of nitrogens with zero attached hydrogens (tertiary/aromatic N) is 2. The highest BCUT2D eigenvalue weighted by atomic mass is 16.2. The smallest absolute Gasteiger partial charge is 0.243 e. The molecule has 100 valence electrons. The van der Waals surface area contributed by atoms with Crippen LogP contribution in [-0.4, -0.2) is 23.4 Å². The van der Waals surface area contributed by atoms with Crippen LogP contribution in [0.4, 0.5) is 0 Å². The summed E-state index contributed by atoms with van der Waals surface area (Å²) in [4.78, 5) is 14.7. The molecule has 0 spiro atoms. The number of piperidine rings is 1. The van der Waals surface area contributed by atoms with Crippen molar-refractivity contribution in [3.8, 4) is 6.07 Å². The summed E-state index contributed by atoms with van der Waals surface area (Å²) < 4.78 is 0. The first-order chi connectivity index (χ1) is 8.63. The molecular weight excluding hydrogens is 224 g/mol. The van der Waals surface area contributed by atoms with Crippen LogP contribution in [0.2, 0.25) is 0 Å². The largest absolute Gasteiger partial charge is 0.338 e. The molecule has 1 amide bonds. The molecule has 2 unspecified atom stereocenters. The van der Waals surface area contributed by atoms with Gasteiger partial charge in [0, 0.05) is 12.6 Å². The van der Waals surface area contributed by atoms with E-state index < -0.39 is 5.41 Å². The number of hydrogen-bond donors (Lipinski definition) is 0. The van der Waals surface area contributed by atoms with E-state index in [9.17, 15) is 10.1 Å². The summed E-state index contributed by atoms with van der Waals surface area (Å²) in [5.41, 5.74) is -0.691. The van der Waals surface area contributed by atoms with E-state index in [0.29, 0.717) is 12.0 Å². The Bertz CT molecular complexity index is 352. The quantitative estimate of drug-likeness (QED) is 0.753. The van der Waals surface area contributed by atoms with Gasteiger partial charge in [0.05, 0.1) is 6.07 Å². The van der Waals surface area contributed by atoms with Crippen LogP contribution in [0.3, 0.4) is 0 Å². The highest BCUT2D eigenvalue weighted by Gasteiger charge is 2.45. The van der Waals surface area contributed by atoms with Crippen LogP contribution >= 0.6 is 0 Å². The molecule has 1 saturated heterocycles. The molecule has 1 saturated carbocycles. The Kier molecular flexibility index (Phi) is 3.94. The highest BCUT2D eigenvalue weighted by molar-refractivity contribution is 5.86. The van der Waals surface area contributed by atoms with E-state index in [-0.39, 0.29) is 5.91 Å². The van der Waals surface area contributed by atoms with E-state index in [2.05, 4.69) is 19.9 Å². The fourth-order valence-electron chi connectivity index (χ4n) is 3.43. The second kappa shape index (κ2) is 5.30. The van der Waals surface area contributed by atoms with Crippen LogP contribution in [-0.2, 0) is 4.79 Å². The van der Waals surface area contributed by atoms with E-state index in [1.165, 1.54) is 6.42 Å². The zero-order chi connectivity index (χ0) is 13.2. The lowest BCUT2D eigenvalue weighted by atomic mass is 9.83. The highest BCUT2D eigenvalue weighted by Crippen LogP contribution is 2.40. The Balaban J connectivity index is 2.14. The topological polar surface area (TPSA) is 44.1 Å². The van der Waals surface area contributed by atoms with Gasteiger partial charge in [0.25, 0.3) is 0 Å². The molecule has 1 aliphatic carbocycles. The van der Waals surface area contributed by atoms with Crippen molar-refractivity contribution in [2.24, 2.45) is 11.3 Å². The maximum absolute atomic E-state index is 12.7. The van der Waals surface area contributed by atoms with Gasteiger partial charge >= 0.3 is 0 Å². The van der Waals surface area contributed by atoms with Crippen molar-refractivity contribution in [3.63, 3.8) is 0 Å². The van der Waals surface area contributed by atoms with Gasteiger partial charge in [-0.05, 0) is 38.5 Å². The summed E-state index contributed by atoms with van der Waals surface area (Å²) in [7, 11) is 0. The third-order valence-electron chi connectivity index (χ3n) is 4.90. The predicted molar refractivity (Wildman–Crippen MR) is 70.7 cm³/mol. The van der Waals surface area contributed by atoms with E-state index in [1.54, 1.807) is 0 Å². The molecule has 2 fully saturated rings. The molecule has 2 rings (SSSR count). The van der Waals surface area contributed by atoms with Crippen molar-refractivity contribution < 1.29 is 4.79 Å². The van der Waals surface area contributed by atoms with Gasteiger partial charge in [-0.25, -0.2) is 0 Å². The zero-order valence-electron chi connectivity index (χ0n) is 11.6. The molecule has 1 aliphatic heterocycles. The number of amides is 1. The SMILES string of the molecule is CCC1CCC(C)N(C(=O)C2(C#N)CCCC2)C1. The monoisotopic (exact) mass is 248 g/mol. The van der Waals surface area contributed by atoms with Crippen LogP contribution in [0.5, 0.6) is 0 Å². The molecule has 3 heteroatoms. The third kappa shape index (κ3) is 2.25. The first kappa shape index (κ1) is 13.4. The predicted octanol–water partition coefficient (Wildman–Crippen LogP) is 3.11. The molecule has 3 nitrogen and oxygen atoms in total. The van der Waals surface area contributed by atoms with Gasteiger partial charge in [-0.2, -0.15) is 5.26 Å². The molecule has 2 atom stereocenters. The van der Waals surface area contributed by atoms with Gasteiger partial charge in [0.1, 0.15) is 5.41 Å². The summed E-state index contributed by atoms with van der Waals surface area (Å²) in [6.45, 7) is 5.18. The van der Waals surface area contributed by atoms with E-state index in [1.807, 2.05) is 4.90 Å². The van der Waals surface area contributed by atoms with Crippen molar-refractivity contribution >= 4 is 5.91 Å². The Morgan fingerprint density at radius 1 is 1.39 bits per heavy atom. The van der Waals surface area contributed by atoms with Gasteiger partial charge < -0.3 is 4.90 Å². The molecule has 0 aromatic carbocycles. The summed E-state index contributed by atoms with van der Waals surface area (Å²) in [6.07, 6.45) is 7.03. The Labute approximate surface area is 110 Å². The van der Waals surface area contributed by atoms with Crippen LogP contribution in [0.1, 0.15) is 58.8 Å². The van der Waals surface area contributed by atoms with Crippen molar-refractivity contribution in [2.75, 3.05) is 6.54 Å². The van der Waals surface area contributed by atoms with Gasteiger partial charge in [0.15, 0.2) is 0 Å². The van der Waals surface area contributed by atoms with E-state index in [4.69, 9.17) is 0 Å². The molecular formula is C15H24N2O. The van der Waals surface area contributed by atoms with Crippen molar-refractivity contribution in [3.05, 3.63) is 0 Å². The van der Waals surface area contributed by atoms with E-state index in [0.717, 1.165) is 45.1 Å². The van der Waals surface area contributed by atoms with Gasteiger partial charge in [0.2, 0.25) is 5.91 Å². The average Bonchev–Trinajstić information content (AvgIpc) is 2.88. The second-order valence-corrected chi connectivity index (χ2v) is 6.06. The van der Waals surface area contributed by atoms with Gasteiger partial charge in [-0.15, -0.1) is 0 Å². The van der Waals surface area contributed by atoms with Crippen molar-refractivity contribution in [1.29, 1.82) is 5.26 Å². The lowest BCUT2D eigenvalue weighted by molar-refractivity contribution is -0.143. The molecule has 1 heterocycles. The molecule has 2 aliphatic rings. The fraction of sp³-hybridized carbons (Fsp3) is 0.867. The van der Waals surface area contributed by atoms with Crippen LogP contribution in [0, 0.1) is 22.7 Å². The minimum absolute atomic E-state index is 0.119. The first-order valence-electron chi connectivity index (χ1n) is 7.35. The number of nitriles is 1. The molecule has 18 heavy (non-hydrogen) atoms. The lowest BCUT2D eigenvalue weighted by Gasteiger charge is -2.40. The number of carbonyl (C=O) groups excluding carboxylic acids is 1. The first-order valence-corrected chi connectivity index (χ1v) is 7.35. The normalized spacial score (nSPS) is 31.1. The lowest BCUT2D eigenvalue weighted by Crippen LogP contribution is -2.50. The van der Waals surface area contributed by atoms with Gasteiger partial charge in [-0.3, -0.25) is 4.79 Å². The third-order valence-corrected chi connectivity index (χ3v) is 4.90. The van der Waals surface area contributed by atoms with Crippen LogP contribution < -0.4 is 0 Å². The summed E-state index contributed by atoms with van der Waals surface area (Å²) >= 11 is 0. The summed E-state index contributed by atoms with van der Waals surface area (Å²) in [5.74, 6) is 0.746. The molecule has 0 radical (unpaired) electrons. The Hall–Kier alpha value is -1.04. The molecule has 0 bridgehead atoms. The number of likely N-dealkylation sites (tertiary alicyclic amines) is 1. The maximum atomic E-state index is 12.7. The number of carbonyl (C=O) groups is 1. The van der Waals surface area contributed by atoms with E-state index >= 15 is 0 Å². The minimum Gasteiger partial charge on any atom is -0.338 e. The van der Waals surface area contributed by atoms with Crippen molar-refractivity contribution in [2.45, 2.75) is 64.8 Å². The average molecular weight is 248 g/mol. The second-order valence-electron chi connectivity index (χ2n) is 6.06. The molecule has 0 aromatic rings. The molecule has 0 N–H and O–H groups in total. The van der Waals surface area contributed by atoms with Gasteiger partial charge in [-0.1, -0.05) is 26.2 Å². The number of rotatable bonds is 2. The van der Waals surface area contributed by atoms with Crippen molar-refractivity contribution in [1.82, 2.24) is 4.90 Å². The fourth-order valence-corrected chi connectivity index (χ4v) is 3.43. The summed E-state index contributed by atoms with van der Waals surface area (Å²) in [6, 6.07) is 2.65. The standard InChI is InChI=1S/C15H24N2O/c1-3-13-7-6-12(2)17(10-13)14(18)15(11-16)8-4-5-9-15/h12-13H,3-10H2,1-2H3. The maximum Gasteiger partial charge on any atom is 0.243 e.